The van der Waals surface area contributed by atoms with Crippen LogP contribution in [0.15, 0.2) is 24.3 Å². The second-order valence-corrected chi connectivity index (χ2v) is 7.78. The summed E-state index contributed by atoms with van der Waals surface area (Å²) in [6.07, 6.45) is 4.28. The minimum Gasteiger partial charge on any atom is -0.369 e. The topological polar surface area (TPSA) is 9.23 Å². The van der Waals surface area contributed by atoms with Crippen LogP contribution in [0.4, 0.5) is 0 Å². The summed E-state index contributed by atoms with van der Waals surface area (Å²) in [5, 5.41) is 1.60. The third-order valence-electron chi connectivity index (χ3n) is 4.68. The second kappa shape index (κ2) is 7.99. The molecule has 4 unspecified atom stereocenters. The molecule has 0 radical (unpaired) electrons. The quantitative estimate of drug-likeness (QED) is 0.554. The molecule has 0 N–H and O–H groups in total. The molecular formula is C18H26BrClO. The molecule has 0 aliphatic heterocycles. The zero-order valence-electron chi connectivity index (χ0n) is 13.2. The molecule has 1 aliphatic rings. The highest BCUT2D eigenvalue weighted by molar-refractivity contribution is 9.09. The van der Waals surface area contributed by atoms with Gasteiger partial charge in [-0.25, -0.2) is 0 Å². The van der Waals surface area contributed by atoms with Crippen LogP contribution in [0.2, 0.25) is 5.02 Å². The van der Waals surface area contributed by atoms with Crippen molar-refractivity contribution in [2.75, 3.05) is 5.33 Å². The molecule has 0 spiro atoms. The van der Waals surface area contributed by atoms with E-state index in [1.165, 1.54) is 24.8 Å². The third-order valence-corrected chi connectivity index (χ3v) is 5.52. The molecule has 1 fully saturated rings. The first-order valence-corrected chi connectivity index (χ1v) is 9.48. The van der Waals surface area contributed by atoms with Gasteiger partial charge in [0, 0.05) is 10.4 Å². The van der Waals surface area contributed by atoms with Gasteiger partial charge in [0.25, 0.3) is 0 Å². The van der Waals surface area contributed by atoms with Crippen LogP contribution < -0.4 is 0 Å². The van der Waals surface area contributed by atoms with Crippen LogP contribution in [0.3, 0.4) is 0 Å². The number of hydrogen-bond donors (Lipinski definition) is 0. The highest BCUT2D eigenvalue weighted by atomic mass is 79.9. The SMILES string of the molecule is CC1CCC(C(C)C)C(OC(CBr)c2ccc(Cl)cc2)C1. The molecule has 0 aromatic heterocycles. The predicted molar refractivity (Wildman–Crippen MR) is 94.2 cm³/mol. The smallest absolute Gasteiger partial charge is 0.0925 e. The summed E-state index contributed by atoms with van der Waals surface area (Å²) in [5.74, 6) is 2.13. The Hall–Kier alpha value is -0.0500. The Kier molecular flexibility index (Phi) is 6.58. The number of halogens is 2. The van der Waals surface area contributed by atoms with Crippen molar-refractivity contribution < 1.29 is 4.74 Å². The van der Waals surface area contributed by atoms with Gasteiger partial charge in [0.1, 0.15) is 0 Å². The highest BCUT2D eigenvalue weighted by Crippen LogP contribution is 2.38. The minimum absolute atomic E-state index is 0.110. The number of benzene rings is 1. The Labute approximate surface area is 142 Å². The van der Waals surface area contributed by atoms with Crippen LogP contribution in [0.1, 0.15) is 51.7 Å². The monoisotopic (exact) mass is 372 g/mol. The lowest BCUT2D eigenvalue weighted by molar-refractivity contribution is -0.0732. The summed E-state index contributed by atoms with van der Waals surface area (Å²) >= 11 is 9.59. The van der Waals surface area contributed by atoms with Gasteiger partial charge < -0.3 is 4.74 Å². The lowest BCUT2D eigenvalue weighted by atomic mass is 9.75. The summed E-state index contributed by atoms with van der Waals surface area (Å²) in [7, 11) is 0. The Morgan fingerprint density at radius 1 is 1.24 bits per heavy atom. The molecule has 0 saturated heterocycles. The lowest BCUT2D eigenvalue weighted by Crippen LogP contribution is -2.35. The fourth-order valence-corrected chi connectivity index (χ4v) is 4.02. The molecule has 1 aliphatic carbocycles. The van der Waals surface area contributed by atoms with Gasteiger partial charge in [-0.05, 0) is 48.3 Å². The van der Waals surface area contributed by atoms with Gasteiger partial charge in [0.2, 0.25) is 0 Å². The Morgan fingerprint density at radius 2 is 1.90 bits per heavy atom. The molecule has 3 heteroatoms. The van der Waals surface area contributed by atoms with Crippen molar-refractivity contribution in [1.82, 2.24) is 0 Å². The van der Waals surface area contributed by atoms with Gasteiger partial charge in [-0.2, -0.15) is 0 Å². The maximum absolute atomic E-state index is 6.52. The zero-order valence-corrected chi connectivity index (χ0v) is 15.5. The molecule has 4 atom stereocenters. The van der Waals surface area contributed by atoms with Crippen molar-refractivity contribution in [3.05, 3.63) is 34.9 Å². The van der Waals surface area contributed by atoms with Crippen LogP contribution in [-0.2, 0) is 4.74 Å². The first kappa shape index (κ1) is 17.3. The van der Waals surface area contributed by atoms with Crippen LogP contribution in [0.25, 0.3) is 0 Å². The molecule has 2 rings (SSSR count). The van der Waals surface area contributed by atoms with Crippen molar-refractivity contribution in [2.45, 2.75) is 52.2 Å². The second-order valence-electron chi connectivity index (χ2n) is 6.70. The van der Waals surface area contributed by atoms with Gasteiger partial charge in [-0.1, -0.05) is 66.9 Å². The van der Waals surface area contributed by atoms with Crippen LogP contribution >= 0.6 is 27.5 Å². The molecule has 21 heavy (non-hydrogen) atoms. The van der Waals surface area contributed by atoms with Crippen LogP contribution in [0.5, 0.6) is 0 Å². The summed E-state index contributed by atoms with van der Waals surface area (Å²) < 4.78 is 6.52. The fraction of sp³-hybridized carbons (Fsp3) is 0.667. The number of hydrogen-bond acceptors (Lipinski definition) is 1. The van der Waals surface area contributed by atoms with E-state index in [2.05, 4.69) is 48.8 Å². The molecule has 1 aromatic carbocycles. The first-order chi connectivity index (χ1) is 10.0. The maximum atomic E-state index is 6.52. The molecule has 0 bridgehead atoms. The van der Waals surface area contributed by atoms with Gasteiger partial charge in [0.15, 0.2) is 0 Å². The van der Waals surface area contributed by atoms with Gasteiger partial charge in [-0.3, -0.25) is 0 Å². The number of alkyl halides is 1. The molecule has 1 saturated carbocycles. The molecule has 0 amide bonds. The fourth-order valence-electron chi connectivity index (χ4n) is 3.36. The summed E-state index contributed by atoms with van der Waals surface area (Å²) in [5.41, 5.74) is 1.21. The zero-order chi connectivity index (χ0) is 15.4. The van der Waals surface area contributed by atoms with E-state index < -0.39 is 0 Å². The van der Waals surface area contributed by atoms with Crippen molar-refractivity contribution in [2.24, 2.45) is 17.8 Å². The van der Waals surface area contributed by atoms with E-state index in [1.54, 1.807) is 0 Å². The number of rotatable bonds is 5. The van der Waals surface area contributed by atoms with E-state index in [4.69, 9.17) is 16.3 Å². The van der Waals surface area contributed by atoms with E-state index in [0.29, 0.717) is 17.9 Å². The Bertz CT molecular complexity index is 431. The molecule has 1 aromatic rings. The van der Waals surface area contributed by atoms with E-state index in [-0.39, 0.29) is 6.10 Å². The van der Waals surface area contributed by atoms with E-state index in [0.717, 1.165) is 16.3 Å². The first-order valence-electron chi connectivity index (χ1n) is 7.98. The summed E-state index contributed by atoms with van der Waals surface area (Å²) in [4.78, 5) is 0. The average molecular weight is 374 g/mol. The van der Waals surface area contributed by atoms with E-state index in [9.17, 15) is 0 Å². The van der Waals surface area contributed by atoms with Gasteiger partial charge in [0.05, 0.1) is 12.2 Å². The number of ether oxygens (including phenoxy) is 1. The van der Waals surface area contributed by atoms with Gasteiger partial charge >= 0.3 is 0 Å². The summed E-state index contributed by atoms with van der Waals surface area (Å²) in [6.45, 7) is 6.99. The van der Waals surface area contributed by atoms with Gasteiger partial charge in [-0.15, -0.1) is 0 Å². The standard InChI is InChI=1S/C18H26BrClO/c1-12(2)16-9-4-13(3)10-17(16)21-18(11-19)14-5-7-15(20)8-6-14/h5-8,12-13,16-18H,4,9-11H2,1-3H3. The summed E-state index contributed by atoms with van der Waals surface area (Å²) in [6, 6.07) is 8.04. The minimum atomic E-state index is 0.110. The van der Waals surface area contributed by atoms with Crippen molar-refractivity contribution >= 4 is 27.5 Å². The van der Waals surface area contributed by atoms with E-state index >= 15 is 0 Å². The van der Waals surface area contributed by atoms with Crippen LogP contribution in [0, 0.1) is 17.8 Å². The molecule has 0 heterocycles. The maximum Gasteiger partial charge on any atom is 0.0925 e. The highest BCUT2D eigenvalue weighted by Gasteiger charge is 2.33. The molecule has 1 nitrogen and oxygen atoms in total. The average Bonchev–Trinajstić information content (AvgIpc) is 2.45. The van der Waals surface area contributed by atoms with E-state index in [1.807, 2.05) is 12.1 Å². The van der Waals surface area contributed by atoms with Crippen molar-refractivity contribution in [3.8, 4) is 0 Å². The lowest BCUT2D eigenvalue weighted by Gasteiger charge is -2.39. The largest absolute Gasteiger partial charge is 0.369 e. The Morgan fingerprint density at radius 3 is 2.48 bits per heavy atom. The molecule has 118 valence electrons. The predicted octanol–water partition coefficient (Wildman–Crippen LogP) is 6.25. The third kappa shape index (κ3) is 4.71. The Balaban J connectivity index is 2.09. The van der Waals surface area contributed by atoms with Crippen molar-refractivity contribution in [1.29, 1.82) is 0 Å². The van der Waals surface area contributed by atoms with Crippen molar-refractivity contribution in [3.63, 3.8) is 0 Å². The molecular weight excluding hydrogens is 348 g/mol. The normalized spacial score (nSPS) is 27.8. The van der Waals surface area contributed by atoms with Crippen LogP contribution in [-0.4, -0.2) is 11.4 Å².